The molecular weight excluding hydrogens is 417 g/mol. The largest absolute Gasteiger partial charge is 0.493 e. The van der Waals surface area contributed by atoms with Crippen molar-refractivity contribution in [2.75, 3.05) is 12.4 Å². The lowest BCUT2D eigenvalue weighted by Gasteiger charge is -2.19. The van der Waals surface area contributed by atoms with Crippen molar-refractivity contribution < 1.29 is 4.74 Å². The summed E-state index contributed by atoms with van der Waals surface area (Å²) in [6, 6.07) is 10.5. The van der Waals surface area contributed by atoms with Crippen molar-refractivity contribution in [3.8, 4) is 5.75 Å². The number of anilines is 1. The fourth-order valence-corrected chi connectivity index (χ4v) is 4.18. The molecule has 21 heavy (non-hydrogen) atoms. The lowest BCUT2D eigenvalue weighted by atomic mass is 10.1. The van der Waals surface area contributed by atoms with Gasteiger partial charge in [0.05, 0.1) is 23.3 Å². The Morgan fingerprint density at radius 3 is 2.81 bits per heavy atom. The van der Waals surface area contributed by atoms with Gasteiger partial charge in [0.1, 0.15) is 0 Å². The van der Waals surface area contributed by atoms with Crippen molar-refractivity contribution in [2.45, 2.75) is 18.9 Å². The molecule has 5 heteroatoms. The number of hydrogen-bond acceptors (Lipinski definition) is 2. The SMILES string of the molecule is COc1c(Br)cc(Cl)cc1NC1CCc2cc(Br)ccc21. The van der Waals surface area contributed by atoms with Gasteiger partial charge in [-0.25, -0.2) is 0 Å². The molecule has 2 nitrogen and oxygen atoms in total. The van der Waals surface area contributed by atoms with Crippen LogP contribution in [0.2, 0.25) is 5.02 Å². The van der Waals surface area contributed by atoms with Crippen LogP contribution in [0.4, 0.5) is 5.69 Å². The topological polar surface area (TPSA) is 21.3 Å². The quantitative estimate of drug-likeness (QED) is 0.646. The summed E-state index contributed by atoms with van der Waals surface area (Å²) in [6.07, 6.45) is 2.15. The summed E-state index contributed by atoms with van der Waals surface area (Å²) in [5.74, 6) is 0.782. The van der Waals surface area contributed by atoms with Gasteiger partial charge >= 0.3 is 0 Å². The van der Waals surface area contributed by atoms with Gasteiger partial charge in [-0.1, -0.05) is 33.6 Å². The maximum Gasteiger partial charge on any atom is 0.156 e. The van der Waals surface area contributed by atoms with Crippen LogP contribution in [0.5, 0.6) is 5.75 Å². The maximum atomic E-state index is 6.15. The van der Waals surface area contributed by atoms with Crippen LogP contribution < -0.4 is 10.1 Å². The molecular formula is C16H14Br2ClNO. The molecule has 0 fully saturated rings. The highest BCUT2D eigenvalue weighted by Crippen LogP contribution is 2.41. The van der Waals surface area contributed by atoms with E-state index in [-0.39, 0.29) is 6.04 Å². The minimum absolute atomic E-state index is 0.285. The van der Waals surface area contributed by atoms with Crippen LogP contribution in [0.1, 0.15) is 23.6 Å². The molecule has 1 N–H and O–H groups in total. The number of nitrogens with one attached hydrogen (secondary N) is 1. The molecule has 0 aliphatic heterocycles. The van der Waals surface area contributed by atoms with E-state index in [1.54, 1.807) is 7.11 Å². The van der Waals surface area contributed by atoms with E-state index in [4.69, 9.17) is 16.3 Å². The number of methoxy groups -OCH3 is 1. The Labute approximate surface area is 146 Å². The van der Waals surface area contributed by atoms with Crippen LogP contribution in [-0.2, 0) is 6.42 Å². The zero-order valence-corrected chi connectivity index (χ0v) is 15.3. The Balaban J connectivity index is 1.93. The Morgan fingerprint density at radius 2 is 2.05 bits per heavy atom. The number of ether oxygens (including phenoxy) is 1. The van der Waals surface area contributed by atoms with Crippen LogP contribution in [-0.4, -0.2) is 7.11 Å². The van der Waals surface area contributed by atoms with E-state index < -0.39 is 0 Å². The Bertz CT molecular complexity index is 690. The maximum absolute atomic E-state index is 6.15. The number of fused-ring (bicyclic) bond motifs is 1. The van der Waals surface area contributed by atoms with E-state index in [1.807, 2.05) is 12.1 Å². The molecule has 0 bridgehead atoms. The summed E-state index contributed by atoms with van der Waals surface area (Å²) >= 11 is 13.2. The van der Waals surface area contributed by atoms with Crippen molar-refractivity contribution in [1.29, 1.82) is 0 Å². The molecule has 1 aliphatic carbocycles. The molecule has 3 rings (SSSR count). The highest BCUT2D eigenvalue weighted by atomic mass is 79.9. The summed E-state index contributed by atoms with van der Waals surface area (Å²) in [4.78, 5) is 0. The van der Waals surface area contributed by atoms with Crippen molar-refractivity contribution in [1.82, 2.24) is 0 Å². The molecule has 0 saturated carbocycles. The van der Waals surface area contributed by atoms with E-state index in [0.717, 1.165) is 33.2 Å². The molecule has 2 aromatic carbocycles. The van der Waals surface area contributed by atoms with Crippen LogP contribution in [0.3, 0.4) is 0 Å². The lowest BCUT2D eigenvalue weighted by Crippen LogP contribution is -2.08. The lowest BCUT2D eigenvalue weighted by molar-refractivity contribution is 0.413. The Morgan fingerprint density at radius 1 is 1.24 bits per heavy atom. The third-order valence-electron chi connectivity index (χ3n) is 3.73. The van der Waals surface area contributed by atoms with Crippen molar-refractivity contribution in [3.05, 3.63) is 55.4 Å². The summed E-state index contributed by atoms with van der Waals surface area (Å²) in [6.45, 7) is 0. The second-order valence-corrected chi connectivity index (χ2v) is 7.25. The first-order valence-corrected chi connectivity index (χ1v) is 8.63. The molecule has 0 amide bonds. The van der Waals surface area contributed by atoms with Gasteiger partial charge in [-0.2, -0.15) is 0 Å². The summed E-state index contributed by atoms with van der Waals surface area (Å²) in [7, 11) is 1.67. The van der Waals surface area contributed by atoms with Gasteiger partial charge in [0.2, 0.25) is 0 Å². The molecule has 1 unspecified atom stereocenters. The number of halogens is 3. The van der Waals surface area contributed by atoms with Gasteiger partial charge in [0.15, 0.2) is 5.75 Å². The fraction of sp³-hybridized carbons (Fsp3) is 0.250. The standard InChI is InChI=1S/C16H14Br2ClNO/c1-21-16-13(18)7-11(19)8-15(16)20-14-5-2-9-6-10(17)3-4-12(9)14/h3-4,6-8,14,20H,2,5H2,1H3. The van der Waals surface area contributed by atoms with Crippen LogP contribution in [0, 0.1) is 0 Å². The molecule has 0 heterocycles. The van der Waals surface area contributed by atoms with Gasteiger partial charge in [0.25, 0.3) is 0 Å². The first-order valence-electron chi connectivity index (χ1n) is 6.66. The summed E-state index contributed by atoms with van der Waals surface area (Å²) < 4.78 is 7.46. The highest BCUT2D eigenvalue weighted by Gasteiger charge is 2.23. The van der Waals surface area contributed by atoms with Crippen molar-refractivity contribution in [3.63, 3.8) is 0 Å². The monoisotopic (exact) mass is 429 g/mol. The molecule has 0 radical (unpaired) electrons. The average Bonchev–Trinajstić information content (AvgIpc) is 2.80. The van der Waals surface area contributed by atoms with Gasteiger partial charge < -0.3 is 10.1 Å². The molecule has 110 valence electrons. The molecule has 0 aromatic heterocycles. The van der Waals surface area contributed by atoms with Crippen LogP contribution >= 0.6 is 43.5 Å². The number of benzene rings is 2. The second-order valence-electron chi connectivity index (χ2n) is 5.05. The summed E-state index contributed by atoms with van der Waals surface area (Å²) in [5.41, 5.74) is 3.65. The Hall–Kier alpha value is -0.710. The van der Waals surface area contributed by atoms with Gasteiger partial charge in [0, 0.05) is 9.50 Å². The van der Waals surface area contributed by atoms with Crippen LogP contribution in [0.15, 0.2) is 39.3 Å². The molecule has 1 aliphatic rings. The van der Waals surface area contributed by atoms with Crippen LogP contribution in [0.25, 0.3) is 0 Å². The molecule has 1 atom stereocenters. The minimum Gasteiger partial charge on any atom is -0.493 e. The normalized spacial score (nSPS) is 16.7. The van der Waals surface area contributed by atoms with E-state index in [9.17, 15) is 0 Å². The van der Waals surface area contributed by atoms with E-state index in [0.29, 0.717) is 5.02 Å². The van der Waals surface area contributed by atoms with Gasteiger partial charge in [-0.05, 0) is 64.2 Å². The first kappa shape index (κ1) is 15.2. The predicted octanol–water partition coefficient (Wildman–Crippen LogP) is 5.97. The number of aryl methyl sites for hydroxylation is 1. The minimum atomic E-state index is 0.285. The second kappa shape index (κ2) is 6.19. The van der Waals surface area contributed by atoms with Gasteiger partial charge in [-0.15, -0.1) is 0 Å². The molecule has 2 aromatic rings. The zero-order valence-electron chi connectivity index (χ0n) is 11.4. The molecule has 0 spiro atoms. The Kier molecular flexibility index (Phi) is 4.48. The van der Waals surface area contributed by atoms with E-state index >= 15 is 0 Å². The predicted molar refractivity (Wildman–Crippen MR) is 94.5 cm³/mol. The third kappa shape index (κ3) is 3.08. The van der Waals surface area contributed by atoms with Gasteiger partial charge in [-0.3, -0.25) is 0 Å². The summed E-state index contributed by atoms with van der Waals surface area (Å²) in [5, 5.41) is 4.24. The smallest absolute Gasteiger partial charge is 0.156 e. The average molecular weight is 432 g/mol. The zero-order chi connectivity index (χ0) is 15.0. The highest BCUT2D eigenvalue weighted by molar-refractivity contribution is 9.10. The third-order valence-corrected chi connectivity index (χ3v) is 5.03. The van der Waals surface area contributed by atoms with Crippen molar-refractivity contribution >= 4 is 49.1 Å². The number of rotatable bonds is 3. The first-order chi connectivity index (χ1) is 10.1. The number of hydrogen-bond donors (Lipinski definition) is 1. The molecule has 0 saturated heterocycles. The van der Waals surface area contributed by atoms with Crippen molar-refractivity contribution in [2.24, 2.45) is 0 Å². The fourth-order valence-electron chi connectivity index (χ4n) is 2.80. The van der Waals surface area contributed by atoms with E-state index in [2.05, 4.69) is 55.4 Å². The van der Waals surface area contributed by atoms with E-state index in [1.165, 1.54) is 11.1 Å².